The molecule has 2 rings (SSSR count). The molecule has 0 aliphatic heterocycles. The summed E-state index contributed by atoms with van der Waals surface area (Å²) in [6.45, 7) is 4.06. The fraction of sp³-hybridized carbons (Fsp3) is 0.286. The lowest BCUT2D eigenvalue weighted by molar-refractivity contribution is 0.475. The molecule has 94 valence electrons. The van der Waals surface area contributed by atoms with Gasteiger partial charge in [-0.15, -0.1) is 0 Å². The second-order valence-corrected chi connectivity index (χ2v) is 4.11. The van der Waals surface area contributed by atoms with Gasteiger partial charge in [0.25, 0.3) is 0 Å². The van der Waals surface area contributed by atoms with Crippen molar-refractivity contribution < 1.29 is 5.11 Å². The monoisotopic (exact) mass is 243 g/mol. The molecule has 2 aromatic rings. The van der Waals surface area contributed by atoms with Gasteiger partial charge in [0.15, 0.2) is 5.82 Å². The average molecular weight is 243 g/mol. The van der Waals surface area contributed by atoms with E-state index in [0.717, 1.165) is 29.1 Å². The Bertz CT molecular complexity index is 567. The van der Waals surface area contributed by atoms with E-state index in [1.54, 1.807) is 18.2 Å². The summed E-state index contributed by atoms with van der Waals surface area (Å²) >= 11 is 0. The van der Waals surface area contributed by atoms with Crippen LogP contribution in [-0.2, 0) is 6.42 Å². The van der Waals surface area contributed by atoms with Gasteiger partial charge in [0, 0.05) is 23.9 Å². The molecule has 4 heteroatoms. The maximum absolute atomic E-state index is 9.50. The zero-order valence-electron chi connectivity index (χ0n) is 10.9. The van der Waals surface area contributed by atoms with E-state index >= 15 is 0 Å². The number of hydrogen-bond donors (Lipinski definition) is 2. The summed E-state index contributed by atoms with van der Waals surface area (Å²) in [6.07, 6.45) is 0.891. The highest BCUT2D eigenvalue weighted by molar-refractivity contribution is 5.61. The van der Waals surface area contributed by atoms with Crippen molar-refractivity contribution in [2.45, 2.75) is 20.3 Å². The van der Waals surface area contributed by atoms with Crippen LogP contribution in [0.4, 0.5) is 5.82 Å². The number of rotatable bonds is 3. The maximum atomic E-state index is 9.50. The summed E-state index contributed by atoms with van der Waals surface area (Å²) in [4.78, 5) is 9.00. The van der Waals surface area contributed by atoms with E-state index in [1.807, 2.05) is 20.0 Å². The number of hydrogen-bond acceptors (Lipinski definition) is 4. The lowest BCUT2D eigenvalue weighted by atomic mass is 10.1. The third-order valence-electron chi connectivity index (χ3n) is 2.91. The van der Waals surface area contributed by atoms with E-state index < -0.39 is 0 Å². The molecule has 18 heavy (non-hydrogen) atoms. The molecule has 2 N–H and O–H groups in total. The summed E-state index contributed by atoms with van der Waals surface area (Å²) in [6, 6.07) is 6.98. The molecule has 0 saturated carbocycles. The van der Waals surface area contributed by atoms with Gasteiger partial charge in [-0.1, -0.05) is 19.1 Å². The molecule has 0 fully saturated rings. The van der Waals surface area contributed by atoms with Gasteiger partial charge in [0.05, 0.1) is 0 Å². The highest BCUT2D eigenvalue weighted by atomic mass is 16.3. The first-order valence-electron chi connectivity index (χ1n) is 6.00. The Morgan fingerprint density at radius 1 is 1.28 bits per heavy atom. The molecule has 0 spiro atoms. The lowest BCUT2D eigenvalue weighted by Crippen LogP contribution is -2.04. The molecule has 0 saturated heterocycles. The van der Waals surface area contributed by atoms with Crippen molar-refractivity contribution >= 4 is 5.82 Å². The minimum absolute atomic E-state index is 0.222. The van der Waals surface area contributed by atoms with Gasteiger partial charge < -0.3 is 10.4 Å². The SMILES string of the molecule is CCc1c(C)nc(-c2cccc(O)c2)nc1NC. The Labute approximate surface area is 107 Å². The van der Waals surface area contributed by atoms with Crippen LogP contribution in [0.15, 0.2) is 24.3 Å². The molecular formula is C14H17N3O. The Morgan fingerprint density at radius 2 is 2.06 bits per heavy atom. The van der Waals surface area contributed by atoms with Crippen LogP contribution in [0.3, 0.4) is 0 Å². The first kappa shape index (κ1) is 12.4. The molecular weight excluding hydrogens is 226 g/mol. The van der Waals surface area contributed by atoms with Crippen LogP contribution in [0, 0.1) is 6.92 Å². The fourth-order valence-corrected chi connectivity index (χ4v) is 2.00. The van der Waals surface area contributed by atoms with Gasteiger partial charge in [0.1, 0.15) is 11.6 Å². The predicted molar refractivity (Wildman–Crippen MR) is 72.8 cm³/mol. The van der Waals surface area contributed by atoms with Gasteiger partial charge >= 0.3 is 0 Å². The first-order chi connectivity index (χ1) is 8.65. The molecule has 0 unspecified atom stereocenters. The molecule has 0 radical (unpaired) electrons. The third kappa shape index (κ3) is 2.27. The highest BCUT2D eigenvalue weighted by Crippen LogP contribution is 2.24. The Hall–Kier alpha value is -2.10. The van der Waals surface area contributed by atoms with Crippen molar-refractivity contribution in [3.8, 4) is 17.1 Å². The molecule has 0 aliphatic carbocycles. The largest absolute Gasteiger partial charge is 0.508 e. The summed E-state index contributed by atoms with van der Waals surface area (Å²) < 4.78 is 0. The number of nitrogens with one attached hydrogen (secondary N) is 1. The highest BCUT2D eigenvalue weighted by Gasteiger charge is 2.10. The number of aromatic hydroxyl groups is 1. The van der Waals surface area contributed by atoms with E-state index in [1.165, 1.54) is 0 Å². The minimum Gasteiger partial charge on any atom is -0.508 e. The van der Waals surface area contributed by atoms with E-state index in [9.17, 15) is 5.11 Å². The van der Waals surface area contributed by atoms with Gasteiger partial charge in [-0.2, -0.15) is 0 Å². The normalized spacial score (nSPS) is 10.4. The number of benzene rings is 1. The second-order valence-electron chi connectivity index (χ2n) is 4.11. The Balaban J connectivity index is 2.56. The van der Waals surface area contributed by atoms with Crippen molar-refractivity contribution in [1.29, 1.82) is 0 Å². The smallest absolute Gasteiger partial charge is 0.161 e. The van der Waals surface area contributed by atoms with Crippen LogP contribution in [0.5, 0.6) is 5.75 Å². The molecule has 0 bridgehead atoms. The van der Waals surface area contributed by atoms with Gasteiger partial charge in [-0.25, -0.2) is 9.97 Å². The number of anilines is 1. The summed E-state index contributed by atoms with van der Waals surface area (Å²) in [7, 11) is 1.85. The topological polar surface area (TPSA) is 58.0 Å². The van der Waals surface area contributed by atoms with Crippen molar-refractivity contribution in [2.24, 2.45) is 0 Å². The third-order valence-corrected chi connectivity index (χ3v) is 2.91. The van der Waals surface area contributed by atoms with E-state index in [-0.39, 0.29) is 5.75 Å². The van der Waals surface area contributed by atoms with Crippen LogP contribution in [0.25, 0.3) is 11.4 Å². The average Bonchev–Trinajstić information content (AvgIpc) is 2.37. The number of nitrogens with zero attached hydrogens (tertiary/aromatic N) is 2. The van der Waals surface area contributed by atoms with Crippen molar-refractivity contribution in [3.05, 3.63) is 35.5 Å². The zero-order valence-corrected chi connectivity index (χ0v) is 10.9. The minimum atomic E-state index is 0.222. The summed E-state index contributed by atoms with van der Waals surface area (Å²) in [5.41, 5.74) is 2.91. The number of aromatic nitrogens is 2. The summed E-state index contributed by atoms with van der Waals surface area (Å²) in [5, 5.41) is 12.6. The molecule has 0 amide bonds. The van der Waals surface area contributed by atoms with Gasteiger partial charge in [-0.3, -0.25) is 0 Å². The molecule has 1 aromatic carbocycles. The zero-order chi connectivity index (χ0) is 13.1. The van der Waals surface area contributed by atoms with Crippen molar-refractivity contribution in [3.63, 3.8) is 0 Å². The van der Waals surface area contributed by atoms with Crippen LogP contribution in [0.1, 0.15) is 18.2 Å². The van der Waals surface area contributed by atoms with Gasteiger partial charge in [0.2, 0.25) is 0 Å². The molecule has 0 atom stereocenters. The predicted octanol–water partition coefficient (Wildman–Crippen LogP) is 2.76. The maximum Gasteiger partial charge on any atom is 0.161 e. The van der Waals surface area contributed by atoms with Gasteiger partial charge in [-0.05, 0) is 25.5 Å². The standard InChI is InChI=1S/C14H17N3O/c1-4-12-9(2)16-13(17-14(12)15-3)10-6-5-7-11(18)8-10/h5-8,18H,4H2,1-3H3,(H,15,16,17). The second kappa shape index (κ2) is 5.04. The number of phenols is 1. The Kier molecular flexibility index (Phi) is 3.46. The van der Waals surface area contributed by atoms with E-state index in [4.69, 9.17) is 0 Å². The van der Waals surface area contributed by atoms with E-state index in [0.29, 0.717) is 5.82 Å². The molecule has 4 nitrogen and oxygen atoms in total. The molecule has 1 heterocycles. The van der Waals surface area contributed by atoms with Crippen LogP contribution in [0.2, 0.25) is 0 Å². The van der Waals surface area contributed by atoms with Crippen LogP contribution < -0.4 is 5.32 Å². The number of phenolic OH excluding ortho intramolecular Hbond substituents is 1. The van der Waals surface area contributed by atoms with Crippen molar-refractivity contribution in [2.75, 3.05) is 12.4 Å². The molecule has 0 aliphatic rings. The fourth-order valence-electron chi connectivity index (χ4n) is 2.00. The Morgan fingerprint density at radius 3 is 2.67 bits per heavy atom. The van der Waals surface area contributed by atoms with Crippen LogP contribution in [-0.4, -0.2) is 22.1 Å². The number of aryl methyl sites for hydroxylation is 1. The summed E-state index contributed by atoms with van der Waals surface area (Å²) in [5.74, 6) is 1.70. The quantitative estimate of drug-likeness (QED) is 0.870. The van der Waals surface area contributed by atoms with E-state index in [2.05, 4.69) is 22.2 Å². The lowest BCUT2D eigenvalue weighted by Gasteiger charge is -2.11. The molecule has 1 aromatic heterocycles. The van der Waals surface area contributed by atoms with Crippen LogP contribution >= 0.6 is 0 Å². The van der Waals surface area contributed by atoms with Crippen molar-refractivity contribution in [1.82, 2.24) is 9.97 Å². The first-order valence-corrected chi connectivity index (χ1v) is 6.00.